The minimum atomic E-state index is -4.43. The van der Waals surface area contributed by atoms with Crippen LogP contribution in [-0.4, -0.2) is 74.1 Å². The van der Waals surface area contributed by atoms with Gasteiger partial charge in [0.05, 0.1) is 36.5 Å². The van der Waals surface area contributed by atoms with E-state index in [0.717, 1.165) is 19.3 Å². The summed E-state index contributed by atoms with van der Waals surface area (Å²) in [7, 11) is -0.683. The van der Waals surface area contributed by atoms with Crippen LogP contribution in [-0.2, 0) is 14.9 Å². The van der Waals surface area contributed by atoms with Gasteiger partial charge in [0.1, 0.15) is 12.6 Å². The monoisotopic (exact) mass is 560 g/mol. The number of nitrogens with one attached hydrogen (secondary N) is 1. The van der Waals surface area contributed by atoms with Crippen LogP contribution in [0.3, 0.4) is 0 Å². The van der Waals surface area contributed by atoms with Crippen LogP contribution in [0.1, 0.15) is 129 Å². The van der Waals surface area contributed by atoms with Crippen molar-refractivity contribution in [1.82, 2.24) is 5.32 Å². The molecule has 0 aromatic carbocycles. The van der Waals surface area contributed by atoms with Crippen molar-refractivity contribution < 1.29 is 27.4 Å². The van der Waals surface area contributed by atoms with Crippen molar-refractivity contribution in [2.24, 2.45) is 0 Å². The van der Waals surface area contributed by atoms with Crippen molar-refractivity contribution in [3.05, 3.63) is 12.2 Å². The Morgan fingerprint density at radius 2 is 1.29 bits per heavy atom. The van der Waals surface area contributed by atoms with Gasteiger partial charge in [-0.05, 0) is 32.1 Å². The number of unbranched alkanes of at least 4 members (excludes halogenated alkanes) is 15. The lowest BCUT2D eigenvalue weighted by molar-refractivity contribution is -0.893. The van der Waals surface area contributed by atoms with Gasteiger partial charge in [-0.15, -0.1) is 0 Å². The number of nitrogens with zero attached hydrogens (tertiary/aromatic N) is 1. The highest BCUT2D eigenvalue weighted by Crippen LogP contribution is 2.12. The molecule has 0 aliphatic heterocycles. The van der Waals surface area contributed by atoms with Crippen molar-refractivity contribution in [2.75, 3.05) is 39.5 Å². The molecule has 8 heteroatoms. The van der Waals surface area contributed by atoms with E-state index >= 15 is 0 Å². The first-order chi connectivity index (χ1) is 18.1. The fourth-order valence-corrected chi connectivity index (χ4v) is 5.41. The number of rotatable bonds is 27. The molecule has 226 valence electrons. The molecule has 0 saturated carbocycles. The molecule has 0 bridgehead atoms. The molecule has 0 aromatic rings. The summed E-state index contributed by atoms with van der Waals surface area (Å²) in [6, 6.07) is 0. The maximum Gasteiger partial charge on any atom is 0.219 e. The zero-order valence-corrected chi connectivity index (χ0v) is 25.7. The third-order valence-electron chi connectivity index (χ3n) is 7.03. The van der Waals surface area contributed by atoms with E-state index in [1.165, 1.54) is 96.3 Å². The van der Waals surface area contributed by atoms with Crippen LogP contribution in [0.15, 0.2) is 12.2 Å². The molecule has 0 fully saturated rings. The second kappa shape index (κ2) is 23.9. The van der Waals surface area contributed by atoms with Crippen LogP contribution < -0.4 is 5.32 Å². The third kappa shape index (κ3) is 28.1. The Balaban J connectivity index is 3.47. The minimum Gasteiger partial charge on any atom is -0.748 e. The average Bonchev–Trinajstić information content (AvgIpc) is 2.81. The van der Waals surface area contributed by atoms with Crippen LogP contribution in [0.25, 0.3) is 0 Å². The number of carbonyl (C=O) groups excluding carboxylic acids is 1. The van der Waals surface area contributed by atoms with Crippen LogP contribution in [0, 0.1) is 0 Å². The predicted octanol–water partition coefficient (Wildman–Crippen LogP) is 6.07. The number of aliphatic hydroxyl groups is 1. The van der Waals surface area contributed by atoms with Crippen LogP contribution in [0.2, 0.25) is 0 Å². The molecule has 0 unspecified atom stereocenters. The molecule has 0 radical (unpaired) electrons. The molecule has 0 spiro atoms. The number of allylic oxidation sites excluding steroid dienone is 2. The highest BCUT2D eigenvalue weighted by molar-refractivity contribution is 7.85. The number of likely N-dealkylation sites (N-methyl/N-ethyl adjacent to an activating group) is 1. The minimum absolute atomic E-state index is 0.0776. The molecule has 2 N–H and O–H groups in total. The Hall–Kier alpha value is -0.960. The van der Waals surface area contributed by atoms with E-state index in [1.54, 1.807) is 0 Å². The molecule has 0 aliphatic rings. The third-order valence-corrected chi connectivity index (χ3v) is 7.82. The first kappa shape index (κ1) is 37.0. The van der Waals surface area contributed by atoms with E-state index in [1.807, 2.05) is 14.1 Å². The number of carbonyl (C=O) groups is 1. The van der Waals surface area contributed by atoms with Gasteiger partial charge in [0, 0.05) is 19.4 Å². The fraction of sp³-hybridized carbons (Fsp3) is 0.900. The molecule has 0 aliphatic carbocycles. The van der Waals surface area contributed by atoms with E-state index in [0.29, 0.717) is 24.0 Å². The molecular weight excluding hydrogens is 500 g/mol. The molecule has 38 heavy (non-hydrogen) atoms. The molecule has 1 atom stereocenters. The van der Waals surface area contributed by atoms with Gasteiger partial charge in [-0.1, -0.05) is 96.1 Å². The quantitative estimate of drug-likeness (QED) is 0.0549. The number of hydrogen-bond acceptors (Lipinski definition) is 5. The van der Waals surface area contributed by atoms with E-state index in [4.69, 9.17) is 0 Å². The summed E-state index contributed by atoms with van der Waals surface area (Å²) in [6.45, 7) is 3.69. The molecule has 7 nitrogen and oxygen atoms in total. The lowest BCUT2D eigenvalue weighted by atomic mass is 10.1. The zero-order chi connectivity index (χ0) is 28.5. The summed E-state index contributed by atoms with van der Waals surface area (Å²) in [5, 5.41) is 12.7. The van der Waals surface area contributed by atoms with Gasteiger partial charge in [-0.3, -0.25) is 4.79 Å². The van der Waals surface area contributed by atoms with Crippen LogP contribution >= 0.6 is 0 Å². The highest BCUT2D eigenvalue weighted by atomic mass is 32.2. The summed E-state index contributed by atoms with van der Waals surface area (Å²) >= 11 is 0. The lowest BCUT2D eigenvalue weighted by Crippen LogP contribution is -2.48. The Bertz CT molecular complexity index is 695. The topological polar surface area (TPSA) is 107 Å². The summed E-state index contributed by atoms with van der Waals surface area (Å²) in [6.07, 6.45) is 26.7. The standard InChI is InChI=1S/C30H60N2O5S/c1-4-5-6-7-8-9-10-11-12-13-14-15-16-17-18-19-20-21-22-24-30(34)31-25-23-26-32(2,3)27-29(33)28-38(35,36)37/h11-12,29,33H,4-10,13-28H2,1-3H3,(H-,31,34,35,36,37)/b12-11-/t29-/m0/s1. The Kier molecular flexibility index (Phi) is 23.3. The van der Waals surface area contributed by atoms with Gasteiger partial charge < -0.3 is 19.5 Å². The molecule has 0 aromatic heterocycles. The first-order valence-corrected chi connectivity index (χ1v) is 17.0. The van der Waals surface area contributed by atoms with Crippen LogP contribution in [0.5, 0.6) is 0 Å². The summed E-state index contributed by atoms with van der Waals surface area (Å²) in [5.41, 5.74) is 0. The van der Waals surface area contributed by atoms with Gasteiger partial charge in [0.25, 0.3) is 0 Å². The number of quaternary nitrogens is 1. The maximum absolute atomic E-state index is 12.0. The van der Waals surface area contributed by atoms with Gasteiger partial charge in [0.15, 0.2) is 0 Å². The molecular formula is C30H60N2O5S. The zero-order valence-electron chi connectivity index (χ0n) is 24.9. The normalized spacial score (nSPS) is 13.3. The SMILES string of the molecule is CCCCCCCC/C=C\CCCCCCCCCCCC(=O)NCCC[N+](C)(C)C[C@H](O)CS(=O)(=O)[O-]. The largest absolute Gasteiger partial charge is 0.748 e. The molecule has 0 heterocycles. The Labute approximate surface area is 235 Å². The second-order valence-electron chi connectivity index (χ2n) is 11.7. The maximum atomic E-state index is 12.0. The van der Waals surface area contributed by atoms with Gasteiger partial charge in [-0.2, -0.15) is 0 Å². The average molecular weight is 561 g/mol. The molecule has 0 rings (SSSR count). The van der Waals surface area contributed by atoms with E-state index in [2.05, 4.69) is 24.4 Å². The first-order valence-electron chi connectivity index (χ1n) is 15.4. The molecule has 1 amide bonds. The van der Waals surface area contributed by atoms with Crippen molar-refractivity contribution in [3.8, 4) is 0 Å². The van der Waals surface area contributed by atoms with E-state index < -0.39 is 22.0 Å². The Morgan fingerprint density at radius 1 is 0.816 bits per heavy atom. The summed E-state index contributed by atoms with van der Waals surface area (Å²) in [4.78, 5) is 12.0. The number of hydrogen-bond donors (Lipinski definition) is 2. The summed E-state index contributed by atoms with van der Waals surface area (Å²) < 4.78 is 32.7. The van der Waals surface area contributed by atoms with Crippen molar-refractivity contribution >= 4 is 16.0 Å². The molecule has 0 saturated heterocycles. The smallest absolute Gasteiger partial charge is 0.219 e. The highest BCUT2D eigenvalue weighted by Gasteiger charge is 2.21. The van der Waals surface area contributed by atoms with Crippen LogP contribution in [0.4, 0.5) is 0 Å². The predicted molar refractivity (Wildman–Crippen MR) is 158 cm³/mol. The summed E-state index contributed by atoms with van der Waals surface area (Å²) in [5.74, 6) is -0.684. The fourth-order valence-electron chi connectivity index (χ4n) is 4.84. The van der Waals surface area contributed by atoms with E-state index in [9.17, 15) is 22.9 Å². The van der Waals surface area contributed by atoms with Gasteiger partial charge >= 0.3 is 0 Å². The van der Waals surface area contributed by atoms with Gasteiger partial charge in [-0.25, -0.2) is 8.42 Å². The number of amides is 1. The van der Waals surface area contributed by atoms with Crippen molar-refractivity contribution in [3.63, 3.8) is 0 Å². The van der Waals surface area contributed by atoms with Crippen molar-refractivity contribution in [1.29, 1.82) is 0 Å². The van der Waals surface area contributed by atoms with Gasteiger partial charge in [0.2, 0.25) is 5.91 Å². The number of aliphatic hydroxyl groups excluding tert-OH is 1. The Morgan fingerprint density at radius 3 is 1.79 bits per heavy atom. The van der Waals surface area contributed by atoms with Crippen molar-refractivity contribution in [2.45, 2.75) is 135 Å². The van der Waals surface area contributed by atoms with E-state index in [-0.39, 0.29) is 12.5 Å². The second-order valence-corrected chi connectivity index (χ2v) is 13.1. The lowest BCUT2D eigenvalue weighted by Gasteiger charge is -2.32.